The molecule has 6 heteroatoms. The van der Waals surface area contributed by atoms with Crippen LogP contribution in [-0.4, -0.2) is 29.3 Å². The molecule has 2 aromatic carbocycles. The maximum absolute atomic E-state index is 13.1. The number of benzene rings is 2. The van der Waals surface area contributed by atoms with E-state index in [2.05, 4.69) is 5.32 Å². The average Bonchev–Trinajstić information content (AvgIpc) is 2.65. The van der Waals surface area contributed by atoms with Gasteiger partial charge < -0.3 is 10.2 Å². The Bertz CT molecular complexity index is 780. The molecule has 0 aliphatic heterocycles. The van der Waals surface area contributed by atoms with Crippen molar-refractivity contribution in [2.24, 2.45) is 0 Å². The van der Waals surface area contributed by atoms with E-state index in [0.29, 0.717) is 23.6 Å². The van der Waals surface area contributed by atoms with Crippen LogP contribution in [0.2, 0.25) is 5.02 Å². The summed E-state index contributed by atoms with van der Waals surface area (Å²) in [5.41, 5.74) is 1.46. The van der Waals surface area contributed by atoms with E-state index in [1.165, 1.54) is 12.1 Å². The van der Waals surface area contributed by atoms with Crippen molar-refractivity contribution in [3.8, 4) is 0 Å². The molecule has 4 nitrogen and oxygen atoms in total. The van der Waals surface area contributed by atoms with Crippen molar-refractivity contribution in [2.75, 3.05) is 6.54 Å². The van der Waals surface area contributed by atoms with Crippen molar-refractivity contribution in [2.45, 2.75) is 39.3 Å². The molecule has 0 aromatic heterocycles. The van der Waals surface area contributed by atoms with E-state index in [0.717, 1.165) is 5.56 Å². The lowest BCUT2D eigenvalue weighted by atomic mass is 10.1. The molecule has 0 aliphatic rings. The number of amides is 2. The smallest absolute Gasteiger partial charge is 0.242 e. The van der Waals surface area contributed by atoms with Crippen LogP contribution in [-0.2, 0) is 22.6 Å². The molecule has 144 valence electrons. The van der Waals surface area contributed by atoms with Crippen LogP contribution in [0.4, 0.5) is 4.39 Å². The summed E-state index contributed by atoms with van der Waals surface area (Å²) in [5, 5.41) is 3.33. The second-order valence-electron chi connectivity index (χ2n) is 6.23. The minimum absolute atomic E-state index is 0.0840. The van der Waals surface area contributed by atoms with Crippen molar-refractivity contribution < 1.29 is 14.0 Å². The van der Waals surface area contributed by atoms with Gasteiger partial charge in [0.05, 0.1) is 6.42 Å². The first-order chi connectivity index (χ1) is 13.0. The number of carbonyl (C=O) groups is 2. The van der Waals surface area contributed by atoms with Crippen LogP contribution in [0, 0.1) is 5.82 Å². The highest BCUT2D eigenvalue weighted by Gasteiger charge is 2.28. The first-order valence-corrected chi connectivity index (χ1v) is 9.39. The third kappa shape index (κ3) is 5.79. The van der Waals surface area contributed by atoms with E-state index < -0.39 is 6.04 Å². The molecule has 0 bridgehead atoms. The quantitative estimate of drug-likeness (QED) is 0.741. The summed E-state index contributed by atoms with van der Waals surface area (Å²) in [4.78, 5) is 27.1. The maximum Gasteiger partial charge on any atom is 0.242 e. The molecule has 2 amide bonds. The molecule has 0 heterocycles. The lowest BCUT2D eigenvalue weighted by molar-refractivity contribution is -0.140. The van der Waals surface area contributed by atoms with Gasteiger partial charge in [-0.2, -0.15) is 0 Å². The Morgan fingerprint density at radius 2 is 1.78 bits per heavy atom. The van der Waals surface area contributed by atoms with Gasteiger partial charge in [0.1, 0.15) is 11.9 Å². The predicted molar refractivity (Wildman–Crippen MR) is 105 cm³/mol. The molecule has 0 unspecified atom stereocenters. The Morgan fingerprint density at radius 3 is 2.37 bits per heavy atom. The zero-order valence-electron chi connectivity index (χ0n) is 15.5. The van der Waals surface area contributed by atoms with E-state index in [1.54, 1.807) is 23.1 Å². The van der Waals surface area contributed by atoms with Gasteiger partial charge in [0.2, 0.25) is 11.8 Å². The van der Waals surface area contributed by atoms with Crippen LogP contribution in [0.25, 0.3) is 0 Å². The van der Waals surface area contributed by atoms with Crippen molar-refractivity contribution in [3.63, 3.8) is 0 Å². The summed E-state index contributed by atoms with van der Waals surface area (Å²) >= 11 is 6.26. The largest absolute Gasteiger partial charge is 0.355 e. The Kier molecular flexibility index (Phi) is 7.80. The third-order valence-corrected chi connectivity index (χ3v) is 4.67. The number of hydrogen-bond acceptors (Lipinski definition) is 2. The molecule has 27 heavy (non-hydrogen) atoms. The van der Waals surface area contributed by atoms with Crippen molar-refractivity contribution >= 4 is 23.4 Å². The highest BCUT2D eigenvalue weighted by molar-refractivity contribution is 6.31. The minimum Gasteiger partial charge on any atom is -0.355 e. The Morgan fingerprint density at radius 1 is 1.11 bits per heavy atom. The van der Waals surface area contributed by atoms with Crippen molar-refractivity contribution in [1.29, 1.82) is 0 Å². The number of carbonyl (C=O) groups excluding carboxylic acids is 2. The molecule has 0 radical (unpaired) electrons. The van der Waals surface area contributed by atoms with Gasteiger partial charge in [-0.15, -0.1) is 0 Å². The fourth-order valence-corrected chi connectivity index (χ4v) is 3.10. The van der Waals surface area contributed by atoms with E-state index >= 15 is 0 Å². The zero-order chi connectivity index (χ0) is 19.8. The molecule has 1 N–H and O–H groups in total. The van der Waals surface area contributed by atoms with Crippen LogP contribution in [0.15, 0.2) is 48.5 Å². The van der Waals surface area contributed by atoms with Crippen LogP contribution in [0.3, 0.4) is 0 Å². The van der Waals surface area contributed by atoms with Gasteiger partial charge in [-0.1, -0.05) is 48.9 Å². The molecular formula is C21H24ClFN2O2. The Labute approximate surface area is 164 Å². The third-order valence-electron chi connectivity index (χ3n) is 4.30. The van der Waals surface area contributed by atoms with Gasteiger partial charge in [0, 0.05) is 18.1 Å². The van der Waals surface area contributed by atoms with Gasteiger partial charge in [-0.05, 0) is 42.7 Å². The second-order valence-corrected chi connectivity index (χ2v) is 6.64. The van der Waals surface area contributed by atoms with Gasteiger partial charge >= 0.3 is 0 Å². The number of nitrogens with zero attached hydrogens (tertiary/aromatic N) is 1. The molecule has 0 fully saturated rings. The fraction of sp³-hybridized carbons (Fsp3) is 0.333. The summed E-state index contributed by atoms with van der Waals surface area (Å²) in [5.74, 6) is -0.757. The summed E-state index contributed by atoms with van der Waals surface area (Å²) in [6.07, 6.45) is 0.562. The minimum atomic E-state index is -0.603. The molecule has 2 aromatic rings. The molecule has 0 saturated carbocycles. The molecule has 0 aliphatic carbocycles. The average molecular weight is 391 g/mol. The maximum atomic E-state index is 13.1. The van der Waals surface area contributed by atoms with Crippen LogP contribution < -0.4 is 5.32 Å². The van der Waals surface area contributed by atoms with E-state index in [9.17, 15) is 14.0 Å². The monoisotopic (exact) mass is 390 g/mol. The first-order valence-electron chi connectivity index (χ1n) is 9.01. The predicted octanol–water partition coefficient (Wildman–Crippen LogP) is 3.97. The lowest BCUT2D eigenvalue weighted by Crippen LogP contribution is -2.49. The standard InChI is InChI=1S/C21H24ClFN2O2/c1-3-19(21(27)24-4-2)25(14-16-7-5-6-8-18(16)22)20(26)13-15-9-11-17(23)12-10-15/h5-12,19H,3-4,13-14H2,1-2H3,(H,24,27)/t19-/m0/s1. The fourth-order valence-electron chi connectivity index (χ4n) is 2.90. The highest BCUT2D eigenvalue weighted by Crippen LogP contribution is 2.20. The number of nitrogens with one attached hydrogen (secondary N) is 1. The van der Waals surface area contributed by atoms with Gasteiger partial charge in [-0.3, -0.25) is 9.59 Å². The first kappa shape index (κ1) is 20.9. The van der Waals surface area contributed by atoms with Crippen molar-refractivity contribution in [3.05, 3.63) is 70.5 Å². The van der Waals surface area contributed by atoms with E-state index in [1.807, 2.05) is 32.0 Å². The molecule has 2 rings (SSSR count). The van der Waals surface area contributed by atoms with Crippen molar-refractivity contribution in [1.82, 2.24) is 10.2 Å². The Hall–Kier alpha value is -2.40. The molecule has 1 atom stereocenters. The number of hydrogen-bond donors (Lipinski definition) is 1. The SMILES string of the molecule is CCNC(=O)[C@H](CC)N(Cc1ccccc1Cl)C(=O)Cc1ccc(F)cc1. The van der Waals surface area contributed by atoms with Crippen LogP contribution in [0.5, 0.6) is 0 Å². The van der Waals surface area contributed by atoms with E-state index in [4.69, 9.17) is 11.6 Å². The van der Waals surface area contributed by atoms with Crippen LogP contribution in [0.1, 0.15) is 31.4 Å². The molecule has 0 spiro atoms. The van der Waals surface area contributed by atoms with E-state index in [-0.39, 0.29) is 30.6 Å². The van der Waals surface area contributed by atoms with Crippen LogP contribution >= 0.6 is 11.6 Å². The van der Waals surface area contributed by atoms with Gasteiger partial charge in [0.15, 0.2) is 0 Å². The number of halogens is 2. The summed E-state index contributed by atoms with van der Waals surface area (Å²) in [7, 11) is 0. The zero-order valence-corrected chi connectivity index (χ0v) is 16.3. The molecule has 0 saturated heterocycles. The second kappa shape index (κ2) is 10.1. The summed E-state index contributed by atoms with van der Waals surface area (Å²) in [6, 6.07) is 12.5. The highest BCUT2D eigenvalue weighted by atomic mass is 35.5. The summed E-state index contributed by atoms with van der Waals surface area (Å²) in [6.45, 7) is 4.42. The molecular weight excluding hydrogens is 367 g/mol. The lowest BCUT2D eigenvalue weighted by Gasteiger charge is -2.31. The topological polar surface area (TPSA) is 49.4 Å². The summed E-state index contributed by atoms with van der Waals surface area (Å²) < 4.78 is 13.1. The normalized spacial score (nSPS) is 11.7. The van der Waals surface area contributed by atoms with Gasteiger partial charge in [0.25, 0.3) is 0 Å². The number of rotatable bonds is 8. The van der Waals surface area contributed by atoms with Gasteiger partial charge in [-0.25, -0.2) is 4.39 Å². The number of likely N-dealkylation sites (N-methyl/N-ethyl adjacent to an activating group) is 1. The Balaban J connectivity index is 2.29.